The van der Waals surface area contributed by atoms with E-state index in [0.29, 0.717) is 23.8 Å². The van der Waals surface area contributed by atoms with Gasteiger partial charge in [0.2, 0.25) is 5.91 Å². The average Bonchev–Trinajstić information content (AvgIpc) is 3.21. The van der Waals surface area contributed by atoms with Crippen LogP contribution in [-0.4, -0.2) is 35.8 Å². The molecule has 1 aliphatic rings. The Bertz CT molecular complexity index is 820. The smallest absolute Gasteiger partial charge is 0.312 e. The van der Waals surface area contributed by atoms with Gasteiger partial charge in [0.15, 0.2) is 17.5 Å². The number of thiazole rings is 1. The monoisotopic (exact) mass is 362 g/mol. The molecule has 0 atom stereocenters. The van der Waals surface area contributed by atoms with Crippen LogP contribution in [0.4, 0.5) is 9.52 Å². The third-order valence-corrected chi connectivity index (χ3v) is 4.59. The van der Waals surface area contributed by atoms with Gasteiger partial charge in [-0.05, 0) is 18.6 Å². The molecule has 6 nitrogen and oxygen atoms in total. The molecule has 0 bridgehead atoms. The lowest BCUT2D eigenvalue weighted by atomic mass is 10.1. The molecule has 0 aliphatic carbocycles. The molecule has 130 valence electrons. The molecule has 0 unspecified atom stereocenters. The lowest BCUT2D eigenvalue weighted by molar-refractivity contribution is -0.141. The largest absolute Gasteiger partial charge is 0.457 e. The third kappa shape index (κ3) is 4.27. The summed E-state index contributed by atoms with van der Waals surface area (Å²) in [7, 11) is 0. The molecule has 8 heteroatoms. The molecule has 3 rings (SSSR count). The van der Waals surface area contributed by atoms with Crippen LogP contribution < -0.4 is 4.90 Å². The maximum Gasteiger partial charge on any atom is 0.312 e. The number of amides is 1. The molecule has 0 spiro atoms. The first-order valence-corrected chi connectivity index (χ1v) is 8.60. The first-order chi connectivity index (χ1) is 12.0. The molecule has 1 aromatic carbocycles. The molecule has 0 N–H and O–H groups in total. The highest BCUT2D eigenvalue weighted by molar-refractivity contribution is 7.14. The number of anilines is 1. The molecule has 25 heavy (non-hydrogen) atoms. The van der Waals surface area contributed by atoms with E-state index in [2.05, 4.69) is 4.98 Å². The lowest BCUT2D eigenvalue weighted by Gasteiger charge is -2.10. The van der Waals surface area contributed by atoms with Gasteiger partial charge in [-0.1, -0.05) is 12.1 Å². The Hall–Kier alpha value is -2.61. The van der Waals surface area contributed by atoms with Gasteiger partial charge < -0.3 is 4.74 Å². The van der Waals surface area contributed by atoms with Crippen LogP contribution in [0.1, 0.15) is 28.9 Å². The van der Waals surface area contributed by atoms with Crippen LogP contribution in [0.3, 0.4) is 0 Å². The highest BCUT2D eigenvalue weighted by atomic mass is 32.1. The second-order valence-electron chi connectivity index (χ2n) is 5.54. The van der Waals surface area contributed by atoms with E-state index in [1.807, 2.05) is 0 Å². The molecule has 1 aliphatic heterocycles. The Morgan fingerprint density at radius 1 is 1.36 bits per heavy atom. The normalized spacial score (nSPS) is 14.0. The zero-order valence-electron chi connectivity index (χ0n) is 13.2. The molecule has 1 aromatic heterocycles. The summed E-state index contributed by atoms with van der Waals surface area (Å²) in [5.74, 6) is -1.57. The van der Waals surface area contributed by atoms with Crippen molar-refractivity contribution in [1.29, 1.82) is 0 Å². The van der Waals surface area contributed by atoms with Crippen molar-refractivity contribution in [3.8, 4) is 0 Å². The van der Waals surface area contributed by atoms with E-state index in [4.69, 9.17) is 4.74 Å². The van der Waals surface area contributed by atoms with Crippen molar-refractivity contribution in [2.75, 3.05) is 18.1 Å². The maximum absolute atomic E-state index is 13.1. The summed E-state index contributed by atoms with van der Waals surface area (Å²) in [5.41, 5.74) is 0.638. The van der Waals surface area contributed by atoms with Crippen molar-refractivity contribution in [3.05, 3.63) is 46.7 Å². The van der Waals surface area contributed by atoms with E-state index in [1.54, 1.807) is 10.3 Å². The number of aromatic nitrogens is 1. The number of Topliss-reactive ketones (excluding diaryl/α,β-unsaturated/α-hetero) is 1. The number of ketones is 1. The van der Waals surface area contributed by atoms with Gasteiger partial charge in [-0.2, -0.15) is 0 Å². The predicted octanol–water partition coefficient (Wildman–Crippen LogP) is 2.38. The molecule has 0 radical (unpaired) electrons. The predicted molar refractivity (Wildman–Crippen MR) is 89.1 cm³/mol. The molecule has 1 fully saturated rings. The van der Waals surface area contributed by atoms with Gasteiger partial charge in [-0.15, -0.1) is 11.3 Å². The van der Waals surface area contributed by atoms with E-state index in [1.165, 1.54) is 29.5 Å². The Kier molecular flexibility index (Phi) is 5.18. The van der Waals surface area contributed by atoms with Gasteiger partial charge >= 0.3 is 5.97 Å². The van der Waals surface area contributed by atoms with Gasteiger partial charge in [0.1, 0.15) is 5.82 Å². The Morgan fingerprint density at radius 2 is 2.20 bits per heavy atom. The summed E-state index contributed by atoms with van der Waals surface area (Å²) >= 11 is 1.29. The minimum Gasteiger partial charge on any atom is -0.457 e. The van der Waals surface area contributed by atoms with Crippen LogP contribution in [0.2, 0.25) is 0 Å². The Balaban J connectivity index is 1.52. The number of nitrogens with zero attached hydrogens (tertiary/aromatic N) is 2. The first kappa shape index (κ1) is 17.2. The van der Waals surface area contributed by atoms with Gasteiger partial charge in [-0.3, -0.25) is 19.3 Å². The SMILES string of the molecule is O=C(Cc1csc(N2CCCC2=O)n1)OCC(=O)c1cccc(F)c1. The highest BCUT2D eigenvalue weighted by Crippen LogP contribution is 2.25. The quantitative estimate of drug-likeness (QED) is 0.582. The summed E-state index contributed by atoms with van der Waals surface area (Å²) in [6.45, 7) is 0.183. The molecular weight excluding hydrogens is 347 g/mol. The third-order valence-electron chi connectivity index (χ3n) is 3.68. The minimum atomic E-state index is -0.602. The molecule has 1 amide bonds. The summed E-state index contributed by atoms with van der Waals surface area (Å²) in [4.78, 5) is 41.3. The lowest BCUT2D eigenvalue weighted by Crippen LogP contribution is -2.23. The van der Waals surface area contributed by atoms with Crippen molar-refractivity contribution in [2.24, 2.45) is 0 Å². The number of halogens is 1. The van der Waals surface area contributed by atoms with Crippen molar-refractivity contribution >= 4 is 34.1 Å². The summed E-state index contributed by atoms with van der Waals surface area (Å²) in [5, 5.41) is 2.26. The minimum absolute atomic E-state index is 0.0316. The standard InChI is InChI=1S/C17H15FN2O4S/c18-12-4-1-3-11(7-12)14(21)9-24-16(23)8-13-10-25-17(19-13)20-6-2-5-15(20)22/h1,3-4,7,10H,2,5-6,8-9H2. The first-order valence-electron chi connectivity index (χ1n) is 7.72. The Labute approximate surface area is 147 Å². The number of carbonyl (C=O) groups excluding carboxylic acids is 3. The zero-order valence-corrected chi connectivity index (χ0v) is 14.1. The van der Waals surface area contributed by atoms with Crippen LogP contribution in [0, 0.1) is 5.82 Å². The summed E-state index contributed by atoms with van der Waals surface area (Å²) in [6.07, 6.45) is 1.23. The van der Waals surface area contributed by atoms with Crippen LogP contribution in [-0.2, 0) is 20.7 Å². The number of ether oxygens (including phenoxy) is 1. The second kappa shape index (κ2) is 7.52. The van der Waals surface area contributed by atoms with Gasteiger partial charge in [0.25, 0.3) is 0 Å². The molecule has 0 saturated carbocycles. The fourth-order valence-electron chi connectivity index (χ4n) is 2.44. The highest BCUT2D eigenvalue weighted by Gasteiger charge is 2.24. The fourth-order valence-corrected chi connectivity index (χ4v) is 3.31. The molecule has 2 heterocycles. The van der Waals surface area contributed by atoms with E-state index in [0.717, 1.165) is 12.5 Å². The van der Waals surface area contributed by atoms with Gasteiger partial charge in [0.05, 0.1) is 12.1 Å². The average molecular weight is 362 g/mol. The zero-order chi connectivity index (χ0) is 17.8. The van der Waals surface area contributed by atoms with E-state index < -0.39 is 24.2 Å². The number of rotatable bonds is 6. The topological polar surface area (TPSA) is 76.6 Å². The van der Waals surface area contributed by atoms with E-state index in [9.17, 15) is 18.8 Å². The fraction of sp³-hybridized carbons (Fsp3) is 0.294. The van der Waals surface area contributed by atoms with Crippen molar-refractivity contribution in [3.63, 3.8) is 0 Å². The maximum atomic E-state index is 13.1. The van der Waals surface area contributed by atoms with Crippen LogP contribution in [0.5, 0.6) is 0 Å². The second-order valence-corrected chi connectivity index (χ2v) is 6.38. The van der Waals surface area contributed by atoms with Gasteiger partial charge in [-0.25, -0.2) is 9.37 Å². The number of hydrogen-bond acceptors (Lipinski definition) is 6. The van der Waals surface area contributed by atoms with E-state index in [-0.39, 0.29) is 17.9 Å². The summed E-state index contributed by atoms with van der Waals surface area (Å²) < 4.78 is 18.0. The van der Waals surface area contributed by atoms with Crippen molar-refractivity contribution in [1.82, 2.24) is 4.98 Å². The Morgan fingerprint density at radius 3 is 2.92 bits per heavy atom. The van der Waals surface area contributed by atoms with Crippen LogP contribution >= 0.6 is 11.3 Å². The molecule has 1 saturated heterocycles. The van der Waals surface area contributed by atoms with Crippen molar-refractivity contribution < 1.29 is 23.5 Å². The van der Waals surface area contributed by atoms with Crippen LogP contribution in [0.15, 0.2) is 29.6 Å². The molecular formula is C17H15FN2O4S. The number of esters is 1. The number of benzene rings is 1. The number of hydrogen-bond donors (Lipinski definition) is 0. The van der Waals surface area contributed by atoms with Crippen molar-refractivity contribution in [2.45, 2.75) is 19.3 Å². The van der Waals surface area contributed by atoms with Gasteiger partial charge in [0, 0.05) is 23.9 Å². The molecule has 2 aromatic rings. The van der Waals surface area contributed by atoms with Crippen LogP contribution in [0.25, 0.3) is 0 Å². The number of carbonyl (C=O) groups is 3. The van der Waals surface area contributed by atoms with E-state index >= 15 is 0 Å². The summed E-state index contributed by atoms with van der Waals surface area (Å²) in [6, 6.07) is 5.20.